The highest BCUT2D eigenvalue weighted by molar-refractivity contribution is 5.99. The van der Waals surface area contributed by atoms with Crippen LogP contribution in [0.2, 0.25) is 0 Å². The number of rotatable bonds is 2. The molecule has 1 aromatic carbocycles. The predicted molar refractivity (Wildman–Crippen MR) is 68.3 cm³/mol. The summed E-state index contributed by atoms with van der Waals surface area (Å²) in [5, 5.41) is 4.13. The van der Waals surface area contributed by atoms with Crippen molar-refractivity contribution in [1.29, 1.82) is 0 Å². The number of hydrogen-bond donors (Lipinski definition) is 2. The van der Waals surface area contributed by atoms with E-state index < -0.39 is 0 Å². The van der Waals surface area contributed by atoms with Crippen molar-refractivity contribution in [3.05, 3.63) is 35.0 Å². The summed E-state index contributed by atoms with van der Waals surface area (Å²) in [7, 11) is 0. The van der Waals surface area contributed by atoms with Crippen molar-refractivity contribution in [3.8, 4) is 0 Å². The maximum absolute atomic E-state index is 11.9. The normalized spacial score (nSPS) is 15.2. The Bertz CT molecular complexity index is 594. The molecule has 1 aliphatic rings. The van der Waals surface area contributed by atoms with E-state index in [2.05, 4.69) is 36.3 Å². The third kappa shape index (κ3) is 1.93. The summed E-state index contributed by atoms with van der Waals surface area (Å²) in [4.78, 5) is 15.1. The molecule has 0 atom stereocenters. The lowest BCUT2D eigenvalue weighted by Gasteiger charge is -1.99. The van der Waals surface area contributed by atoms with Crippen LogP contribution in [0.4, 0.5) is 0 Å². The Labute approximate surface area is 100 Å². The Morgan fingerprint density at radius 3 is 2.76 bits per heavy atom. The number of fused-ring (bicyclic) bond motifs is 1. The zero-order valence-corrected chi connectivity index (χ0v) is 10.1. The topological polar surface area (TPSA) is 44.9 Å². The maximum Gasteiger partial charge on any atom is 0.267 e. The van der Waals surface area contributed by atoms with E-state index in [-0.39, 0.29) is 5.91 Å². The summed E-state index contributed by atoms with van der Waals surface area (Å²) in [5.74, 6) is 0.0146. The molecule has 2 N–H and O–H groups in total. The molecule has 1 amide bonds. The fourth-order valence-electron chi connectivity index (χ4n) is 2.21. The van der Waals surface area contributed by atoms with Crippen molar-refractivity contribution in [1.82, 2.24) is 10.3 Å². The molecule has 3 rings (SSSR count). The molecule has 0 saturated heterocycles. The second-order valence-corrected chi connectivity index (χ2v) is 4.97. The van der Waals surface area contributed by atoms with Crippen LogP contribution in [0, 0.1) is 13.8 Å². The van der Waals surface area contributed by atoms with Gasteiger partial charge in [-0.1, -0.05) is 6.07 Å². The number of H-pyrrole nitrogens is 1. The number of carbonyl (C=O) groups is 1. The Kier molecular flexibility index (Phi) is 2.21. The fraction of sp³-hybridized carbons (Fsp3) is 0.357. The maximum atomic E-state index is 11.9. The van der Waals surface area contributed by atoms with Gasteiger partial charge in [-0.05, 0) is 49.9 Å². The smallest absolute Gasteiger partial charge is 0.267 e. The Hall–Kier alpha value is -1.77. The van der Waals surface area contributed by atoms with Gasteiger partial charge in [0.1, 0.15) is 5.69 Å². The monoisotopic (exact) mass is 228 g/mol. The average molecular weight is 228 g/mol. The first kappa shape index (κ1) is 10.4. The molecule has 17 heavy (non-hydrogen) atoms. The highest BCUT2D eigenvalue weighted by Crippen LogP contribution is 2.23. The van der Waals surface area contributed by atoms with Crippen molar-refractivity contribution < 1.29 is 4.79 Å². The van der Waals surface area contributed by atoms with E-state index in [0.29, 0.717) is 11.7 Å². The van der Waals surface area contributed by atoms with Crippen LogP contribution < -0.4 is 5.32 Å². The molecule has 1 saturated carbocycles. The van der Waals surface area contributed by atoms with E-state index in [0.717, 1.165) is 23.7 Å². The zero-order chi connectivity index (χ0) is 12.0. The van der Waals surface area contributed by atoms with E-state index in [4.69, 9.17) is 0 Å². The number of aromatic nitrogens is 1. The van der Waals surface area contributed by atoms with Crippen molar-refractivity contribution >= 4 is 16.8 Å². The molecule has 0 radical (unpaired) electrons. The van der Waals surface area contributed by atoms with Gasteiger partial charge in [0.05, 0.1) is 0 Å². The van der Waals surface area contributed by atoms with Crippen LogP contribution in [0.3, 0.4) is 0 Å². The van der Waals surface area contributed by atoms with Crippen LogP contribution >= 0.6 is 0 Å². The molecule has 88 valence electrons. The van der Waals surface area contributed by atoms with Crippen molar-refractivity contribution in [3.63, 3.8) is 0 Å². The Morgan fingerprint density at radius 2 is 2.06 bits per heavy atom. The van der Waals surface area contributed by atoms with Crippen molar-refractivity contribution in [2.24, 2.45) is 0 Å². The Morgan fingerprint density at radius 1 is 1.29 bits per heavy atom. The van der Waals surface area contributed by atoms with Gasteiger partial charge in [-0.25, -0.2) is 0 Å². The summed E-state index contributed by atoms with van der Waals surface area (Å²) >= 11 is 0. The summed E-state index contributed by atoms with van der Waals surface area (Å²) in [6.45, 7) is 4.14. The first-order valence-electron chi connectivity index (χ1n) is 6.04. The number of nitrogens with one attached hydrogen (secondary N) is 2. The molecule has 0 bridgehead atoms. The minimum Gasteiger partial charge on any atom is -0.351 e. The van der Waals surface area contributed by atoms with Gasteiger partial charge in [-0.2, -0.15) is 0 Å². The van der Waals surface area contributed by atoms with Crippen LogP contribution in [0.5, 0.6) is 0 Å². The molecule has 0 aliphatic heterocycles. The molecular weight excluding hydrogens is 212 g/mol. The first-order chi connectivity index (χ1) is 8.13. The van der Waals surface area contributed by atoms with Gasteiger partial charge < -0.3 is 10.3 Å². The molecule has 1 aliphatic carbocycles. The van der Waals surface area contributed by atoms with Gasteiger partial charge >= 0.3 is 0 Å². The lowest BCUT2D eigenvalue weighted by atomic mass is 10.1. The van der Waals surface area contributed by atoms with E-state index in [1.807, 2.05) is 6.07 Å². The van der Waals surface area contributed by atoms with Crippen LogP contribution in [-0.4, -0.2) is 16.9 Å². The average Bonchev–Trinajstić information content (AvgIpc) is 2.94. The molecular formula is C14H16N2O. The van der Waals surface area contributed by atoms with Crippen LogP contribution in [0.1, 0.15) is 34.5 Å². The number of benzene rings is 1. The molecule has 1 heterocycles. The molecule has 1 aromatic heterocycles. The zero-order valence-electron chi connectivity index (χ0n) is 10.1. The highest BCUT2D eigenvalue weighted by Gasteiger charge is 2.24. The molecule has 3 nitrogen and oxygen atoms in total. The third-order valence-electron chi connectivity index (χ3n) is 3.25. The van der Waals surface area contributed by atoms with Gasteiger partial charge in [-0.3, -0.25) is 4.79 Å². The van der Waals surface area contributed by atoms with Crippen LogP contribution in [-0.2, 0) is 0 Å². The van der Waals surface area contributed by atoms with E-state index in [1.54, 1.807) is 0 Å². The summed E-state index contributed by atoms with van der Waals surface area (Å²) in [6, 6.07) is 6.56. The molecule has 1 fully saturated rings. The predicted octanol–water partition coefficient (Wildman–Crippen LogP) is 2.68. The first-order valence-corrected chi connectivity index (χ1v) is 6.04. The van der Waals surface area contributed by atoms with Gasteiger partial charge in [0.25, 0.3) is 5.91 Å². The molecule has 3 heteroatoms. The number of carbonyl (C=O) groups excluding carboxylic acids is 1. The van der Waals surface area contributed by atoms with Gasteiger partial charge in [-0.15, -0.1) is 0 Å². The number of amides is 1. The number of hydrogen-bond acceptors (Lipinski definition) is 1. The van der Waals surface area contributed by atoms with E-state index in [9.17, 15) is 4.79 Å². The van der Waals surface area contributed by atoms with Crippen molar-refractivity contribution in [2.45, 2.75) is 32.7 Å². The molecule has 0 spiro atoms. The van der Waals surface area contributed by atoms with E-state index in [1.165, 1.54) is 11.1 Å². The second-order valence-electron chi connectivity index (χ2n) is 4.97. The quantitative estimate of drug-likeness (QED) is 0.815. The Balaban J connectivity index is 2.00. The highest BCUT2D eigenvalue weighted by atomic mass is 16.2. The largest absolute Gasteiger partial charge is 0.351 e. The van der Waals surface area contributed by atoms with Crippen LogP contribution in [0.15, 0.2) is 18.2 Å². The second kappa shape index (κ2) is 3.62. The van der Waals surface area contributed by atoms with Crippen molar-refractivity contribution in [2.75, 3.05) is 0 Å². The number of aromatic amines is 1. The molecule has 2 aromatic rings. The van der Waals surface area contributed by atoms with Gasteiger partial charge in [0, 0.05) is 16.9 Å². The number of aryl methyl sites for hydroxylation is 2. The lowest BCUT2D eigenvalue weighted by molar-refractivity contribution is 0.0947. The SMILES string of the molecule is Cc1cc(C)c2cc(C(=O)NC3CC3)[nH]c2c1. The summed E-state index contributed by atoms with van der Waals surface area (Å²) in [5.41, 5.74) is 4.14. The third-order valence-corrected chi connectivity index (χ3v) is 3.25. The van der Waals surface area contributed by atoms with Crippen LogP contribution in [0.25, 0.3) is 10.9 Å². The minimum atomic E-state index is 0.0146. The standard InChI is InChI=1S/C14H16N2O/c1-8-5-9(2)11-7-13(16-12(11)6-8)14(17)15-10-3-4-10/h5-7,10,16H,3-4H2,1-2H3,(H,15,17). The minimum absolute atomic E-state index is 0.0146. The van der Waals surface area contributed by atoms with Gasteiger partial charge in [0.2, 0.25) is 0 Å². The molecule has 0 unspecified atom stereocenters. The lowest BCUT2D eigenvalue weighted by Crippen LogP contribution is -2.25. The van der Waals surface area contributed by atoms with E-state index >= 15 is 0 Å². The summed E-state index contributed by atoms with van der Waals surface area (Å²) in [6.07, 6.45) is 2.23. The van der Waals surface area contributed by atoms with Gasteiger partial charge in [0.15, 0.2) is 0 Å². The summed E-state index contributed by atoms with van der Waals surface area (Å²) < 4.78 is 0. The fourth-order valence-corrected chi connectivity index (χ4v) is 2.21.